The highest BCUT2D eigenvalue weighted by atomic mass is 16.2. The monoisotopic (exact) mass is 477 g/mol. The van der Waals surface area contributed by atoms with E-state index >= 15 is 0 Å². The largest absolute Gasteiger partial charge is 0.354 e. The molecule has 0 bridgehead atoms. The average molecular weight is 478 g/mol. The molecule has 0 saturated carbocycles. The van der Waals surface area contributed by atoms with Crippen LogP contribution >= 0.6 is 0 Å². The van der Waals surface area contributed by atoms with E-state index in [1.807, 2.05) is 121 Å². The first-order valence-electron chi connectivity index (χ1n) is 12.1. The van der Waals surface area contributed by atoms with Gasteiger partial charge in [0.25, 0.3) is 0 Å². The van der Waals surface area contributed by atoms with Crippen molar-refractivity contribution < 1.29 is 9.59 Å². The lowest BCUT2D eigenvalue weighted by Crippen LogP contribution is -2.51. The summed E-state index contributed by atoms with van der Waals surface area (Å²) < 4.78 is 0. The number of nitrogens with one attached hydrogen (secondary N) is 2. The molecule has 0 aliphatic heterocycles. The second kappa shape index (κ2) is 12.0. The van der Waals surface area contributed by atoms with Gasteiger partial charge in [-0.15, -0.1) is 0 Å². The van der Waals surface area contributed by atoms with E-state index in [2.05, 4.69) is 10.6 Å². The average Bonchev–Trinajstić information content (AvgIpc) is 2.93. The van der Waals surface area contributed by atoms with Gasteiger partial charge in [0.2, 0.25) is 11.8 Å². The number of amides is 2. The third-order valence-electron chi connectivity index (χ3n) is 6.25. The maximum atomic E-state index is 13.4. The molecule has 0 radical (unpaired) electrons. The summed E-state index contributed by atoms with van der Waals surface area (Å²) in [6, 6.07) is 38.5. The van der Waals surface area contributed by atoms with Crippen molar-refractivity contribution in [1.29, 1.82) is 0 Å². The summed E-state index contributed by atoms with van der Waals surface area (Å²) in [7, 11) is 0. The third-order valence-corrected chi connectivity index (χ3v) is 6.25. The molecule has 2 amide bonds. The molecule has 0 fully saturated rings. The van der Waals surface area contributed by atoms with Crippen LogP contribution < -0.4 is 16.4 Å². The molecule has 0 aliphatic rings. The van der Waals surface area contributed by atoms with Crippen LogP contribution in [0.4, 0.5) is 0 Å². The van der Waals surface area contributed by atoms with E-state index in [9.17, 15) is 9.59 Å². The van der Waals surface area contributed by atoms with Crippen LogP contribution in [0.15, 0.2) is 121 Å². The molecule has 0 aromatic heterocycles. The number of benzene rings is 4. The molecule has 0 unspecified atom stereocenters. The Bertz CT molecular complexity index is 1150. The van der Waals surface area contributed by atoms with Gasteiger partial charge in [0, 0.05) is 6.54 Å². The first-order valence-corrected chi connectivity index (χ1v) is 12.1. The van der Waals surface area contributed by atoms with Crippen LogP contribution in [-0.2, 0) is 21.5 Å². The lowest BCUT2D eigenvalue weighted by molar-refractivity contribution is -0.128. The molecule has 0 heterocycles. The highest BCUT2D eigenvalue weighted by Crippen LogP contribution is 2.36. The summed E-state index contributed by atoms with van der Waals surface area (Å²) in [6.07, 6.45) is 0.566. The van der Waals surface area contributed by atoms with Crippen molar-refractivity contribution in [3.63, 3.8) is 0 Å². The van der Waals surface area contributed by atoms with E-state index in [1.165, 1.54) is 0 Å². The second-order valence-electron chi connectivity index (χ2n) is 8.73. The van der Waals surface area contributed by atoms with E-state index in [-0.39, 0.29) is 18.2 Å². The van der Waals surface area contributed by atoms with E-state index < -0.39 is 11.6 Å². The standard InChI is InChI=1S/C31H31N3O2/c32-28(30(36)33-22-21-24-13-5-1-6-14-24)23-29(35)34-31(25-15-7-2-8-16-25,26-17-9-3-10-18-26)27-19-11-4-12-20-27/h1-20,28H,21-23,32H2,(H,33,36)(H,34,35)/t28-/m1/s1. The second-order valence-corrected chi connectivity index (χ2v) is 8.73. The van der Waals surface area contributed by atoms with Gasteiger partial charge in [0.1, 0.15) is 5.54 Å². The summed E-state index contributed by atoms with van der Waals surface area (Å²) in [5.74, 6) is -0.650. The van der Waals surface area contributed by atoms with Crippen LogP contribution in [-0.4, -0.2) is 24.4 Å². The molecule has 182 valence electrons. The number of carbonyl (C=O) groups excluding carboxylic acids is 2. The van der Waals surface area contributed by atoms with Gasteiger partial charge >= 0.3 is 0 Å². The lowest BCUT2D eigenvalue weighted by atomic mass is 9.77. The van der Waals surface area contributed by atoms with Gasteiger partial charge in [-0.05, 0) is 28.7 Å². The molecule has 4 N–H and O–H groups in total. The molecule has 5 nitrogen and oxygen atoms in total. The fourth-order valence-corrected chi connectivity index (χ4v) is 4.44. The number of hydrogen-bond acceptors (Lipinski definition) is 3. The SMILES string of the molecule is N[C@H](CC(=O)NC(c1ccccc1)(c1ccccc1)c1ccccc1)C(=O)NCCc1ccccc1. The lowest BCUT2D eigenvalue weighted by Gasteiger charge is -2.37. The van der Waals surface area contributed by atoms with Crippen molar-refractivity contribution in [1.82, 2.24) is 10.6 Å². The maximum absolute atomic E-state index is 13.4. The van der Waals surface area contributed by atoms with E-state index in [0.717, 1.165) is 22.3 Å². The molecule has 4 aromatic carbocycles. The number of rotatable bonds is 10. The zero-order valence-electron chi connectivity index (χ0n) is 20.1. The molecule has 5 heteroatoms. The van der Waals surface area contributed by atoms with Crippen molar-refractivity contribution in [2.75, 3.05) is 6.54 Å². The summed E-state index contributed by atoms with van der Waals surface area (Å²) in [4.78, 5) is 26.0. The van der Waals surface area contributed by atoms with Crippen molar-refractivity contribution >= 4 is 11.8 Å². The van der Waals surface area contributed by atoms with Gasteiger partial charge in [-0.3, -0.25) is 9.59 Å². The van der Waals surface area contributed by atoms with Gasteiger partial charge in [0.05, 0.1) is 12.5 Å². The number of hydrogen-bond donors (Lipinski definition) is 3. The predicted molar refractivity (Wildman–Crippen MR) is 143 cm³/mol. The smallest absolute Gasteiger partial charge is 0.237 e. The van der Waals surface area contributed by atoms with Crippen molar-refractivity contribution in [2.45, 2.75) is 24.4 Å². The van der Waals surface area contributed by atoms with Crippen molar-refractivity contribution in [2.24, 2.45) is 5.73 Å². The van der Waals surface area contributed by atoms with Gasteiger partial charge < -0.3 is 16.4 Å². The Hall–Kier alpha value is -4.22. The van der Waals surface area contributed by atoms with Crippen LogP contribution in [0.3, 0.4) is 0 Å². The van der Waals surface area contributed by atoms with E-state index in [1.54, 1.807) is 0 Å². The molecule has 36 heavy (non-hydrogen) atoms. The Kier molecular flexibility index (Phi) is 8.27. The zero-order valence-corrected chi connectivity index (χ0v) is 20.1. The minimum absolute atomic E-state index is 0.134. The maximum Gasteiger partial charge on any atom is 0.237 e. The summed E-state index contributed by atoms with van der Waals surface area (Å²) >= 11 is 0. The first-order chi connectivity index (χ1) is 17.6. The quantitative estimate of drug-likeness (QED) is 0.300. The van der Waals surface area contributed by atoms with Crippen LogP contribution in [0.2, 0.25) is 0 Å². The van der Waals surface area contributed by atoms with Crippen LogP contribution in [0, 0.1) is 0 Å². The minimum Gasteiger partial charge on any atom is -0.354 e. The Morgan fingerprint density at radius 1 is 0.667 bits per heavy atom. The van der Waals surface area contributed by atoms with Gasteiger partial charge in [0.15, 0.2) is 0 Å². The summed E-state index contributed by atoms with van der Waals surface area (Å²) in [5, 5.41) is 6.10. The molecule has 0 aliphatic carbocycles. The third kappa shape index (κ3) is 5.88. The minimum atomic E-state index is -0.958. The number of nitrogens with two attached hydrogens (primary N) is 1. The first kappa shape index (κ1) is 24.9. The van der Waals surface area contributed by atoms with Crippen LogP contribution in [0.1, 0.15) is 28.7 Å². The highest BCUT2D eigenvalue weighted by molar-refractivity contribution is 5.89. The van der Waals surface area contributed by atoms with Gasteiger partial charge in [-0.2, -0.15) is 0 Å². The fraction of sp³-hybridized carbons (Fsp3) is 0.161. The topological polar surface area (TPSA) is 84.2 Å². The van der Waals surface area contributed by atoms with Crippen LogP contribution in [0.5, 0.6) is 0 Å². The molecule has 1 atom stereocenters. The molecule has 0 spiro atoms. The normalized spacial score (nSPS) is 11.9. The van der Waals surface area contributed by atoms with Gasteiger partial charge in [-0.25, -0.2) is 0 Å². The van der Waals surface area contributed by atoms with Gasteiger partial charge in [-0.1, -0.05) is 121 Å². The molecule has 0 saturated heterocycles. The summed E-state index contributed by atoms with van der Waals surface area (Å²) in [6.45, 7) is 0.458. The fourth-order valence-electron chi connectivity index (χ4n) is 4.44. The zero-order chi connectivity index (χ0) is 25.2. The Labute approximate surface area is 212 Å². The summed E-state index contributed by atoms with van der Waals surface area (Å²) in [5.41, 5.74) is 9.09. The number of carbonyl (C=O) groups is 2. The van der Waals surface area contributed by atoms with E-state index in [0.29, 0.717) is 13.0 Å². The Morgan fingerprint density at radius 3 is 1.53 bits per heavy atom. The Morgan fingerprint density at radius 2 is 1.08 bits per heavy atom. The molecular formula is C31H31N3O2. The molecular weight excluding hydrogens is 446 g/mol. The predicted octanol–water partition coefficient (Wildman–Crippen LogP) is 4.17. The highest BCUT2D eigenvalue weighted by Gasteiger charge is 2.38. The van der Waals surface area contributed by atoms with E-state index in [4.69, 9.17) is 5.73 Å². The van der Waals surface area contributed by atoms with Crippen molar-refractivity contribution in [3.05, 3.63) is 144 Å². The van der Waals surface area contributed by atoms with Crippen LogP contribution in [0.25, 0.3) is 0 Å². The molecule has 4 rings (SSSR count). The molecule has 4 aromatic rings. The van der Waals surface area contributed by atoms with Crippen molar-refractivity contribution in [3.8, 4) is 0 Å². The Balaban J connectivity index is 1.54.